The van der Waals surface area contributed by atoms with Crippen LogP contribution in [0.2, 0.25) is 10.0 Å². The standard InChI is InChI=1S/C15H10Cl2N2O2/c16-11-5-10(6-12(17)7-11)14(20)15(21)19-13-3-1-2-9(4-13)8-18/h1-7,14,20H,(H,19,21). The van der Waals surface area contributed by atoms with Gasteiger partial charge in [-0.15, -0.1) is 0 Å². The van der Waals surface area contributed by atoms with Gasteiger partial charge >= 0.3 is 0 Å². The fourth-order valence-electron chi connectivity index (χ4n) is 1.76. The first-order chi connectivity index (χ1) is 9.99. The molecule has 0 spiro atoms. The molecule has 1 amide bonds. The summed E-state index contributed by atoms with van der Waals surface area (Å²) in [5, 5.41) is 22.0. The Morgan fingerprint density at radius 1 is 1.19 bits per heavy atom. The van der Waals surface area contributed by atoms with Gasteiger partial charge in [0.05, 0.1) is 11.6 Å². The van der Waals surface area contributed by atoms with Crippen LogP contribution in [0.4, 0.5) is 5.69 Å². The maximum Gasteiger partial charge on any atom is 0.257 e. The average Bonchev–Trinajstić information content (AvgIpc) is 2.45. The van der Waals surface area contributed by atoms with Crippen LogP contribution in [0.5, 0.6) is 0 Å². The van der Waals surface area contributed by atoms with Gasteiger partial charge in [-0.25, -0.2) is 0 Å². The molecule has 2 aromatic rings. The lowest BCUT2D eigenvalue weighted by Crippen LogP contribution is -2.20. The van der Waals surface area contributed by atoms with Gasteiger partial charge in [-0.05, 0) is 42.0 Å². The van der Waals surface area contributed by atoms with Gasteiger partial charge in [-0.1, -0.05) is 29.3 Å². The molecule has 2 N–H and O–H groups in total. The molecule has 2 rings (SSSR count). The molecule has 0 bridgehead atoms. The fraction of sp³-hybridized carbons (Fsp3) is 0.0667. The highest BCUT2D eigenvalue weighted by Crippen LogP contribution is 2.24. The van der Waals surface area contributed by atoms with Crippen LogP contribution in [-0.2, 0) is 4.79 Å². The molecule has 6 heteroatoms. The van der Waals surface area contributed by atoms with E-state index in [4.69, 9.17) is 28.5 Å². The number of nitrogens with zero attached hydrogens (tertiary/aromatic N) is 1. The van der Waals surface area contributed by atoms with E-state index in [1.54, 1.807) is 18.2 Å². The molecule has 1 atom stereocenters. The molecule has 2 aromatic carbocycles. The van der Waals surface area contributed by atoms with Crippen molar-refractivity contribution in [1.29, 1.82) is 5.26 Å². The lowest BCUT2D eigenvalue weighted by molar-refractivity contribution is -0.124. The quantitative estimate of drug-likeness (QED) is 0.908. The fourth-order valence-corrected chi connectivity index (χ4v) is 2.30. The molecule has 0 aliphatic carbocycles. The number of rotatable bonds is 3. The van der Waals surface area contributed by atoms with Crippen LogP contribution in [0.25, 0.3) is 0 Å². The molecular formula is C15H10Cl2N2O2. The van der Waals surface area contributed by atoms with Gasteiger partial charge in [0, 0.05) is 15.7 Å². The number of carbonyl (C=O) groups is 1. The number of halogens is 2. The number of nitrogens with one attached hydrogen (secondary N) is 1. The second kappa shape index (κ2) is 6.59. The summed E-state index contributed by atoms with van der Waals surface area (Å²) >= 11 is 11.7. The van der Waals surface area contributed by atoms with Crippen LogP contribution in [0.3, 0.4) is 0 Å². The zero-order chi connectivity index (χ0) is 15.4. The molecule has 106 valence electrons. The first kappa shape index (κ1) is 15.3. The zero-order valence-electron chi connectivity index (χ0n) is 10.7. The van der Waals surface area contributed by atoms with Gasteiger partial charge in [-0.3, -0.25) is 4.79 Å². The molecule has 21 heavy (non-hydrogen) atoms. The van der Waals surface area contributed by atoms with Crippen molar-refractivity contribution in [3.8, 4) is 6.07 Å². The molecule has 4 nitrogen and oxygen atoms in total. The Balaban J connectivity index is 2.17. The first-order valence-electron chi connectivity index (χ1n) is 5.94. The minimum Gasteiger partial charge on any atom is -0.378 e. The normalized spacial score (nSPS) is 11.5. The molecule has 0 saturated carbocycles. The van der Waals surface area contributed by atoms with Gasteiger partial charge in [0.2, 0.25) is 0 Å². The van der Waals surface area contributed by atoms with Crippen molar-refractivity contribution in [3.05, 3.63) is 63.6 Å². The Morgan fingerprint density at radius 3 is 2.48 bits per heavy atom. The van der Waals surface area contributed by atoms with E-state index in [1.807, 2.05) is 6.07 Å². The average molecular weight is 321 g/mol. The molecule has 0 radical (unpaired) electrons. The smallest absolute Gasteiger partial charge is 0.257 e. The minimum absolute atomic E-state index is 0.293. The van der Waals surface area contributed by atoms with Crippen LogP contribution in [0.15, 0.2) is 42.5 Å². The first-order valence-corrected chi connectivity index (χ1v) is 6.70. The van der Waals surface area contributed by atoms with Crippen molar-refractivity contribution in [1.82, 2.24) is 0 Å². The summed E-state index contributed by atoms with van der Waals surface area (Å²) < 4.78 is 0. The lowest BCUT2D eigenvalue weighted by atomic mass is 10.1. The van der Waals surface area contributed by atoms with Gasteiger partial charge < -0.3 is 10.4 Å². The molecule has 0 aliphatic rings. The number of hydrogen-bond acceptors (Lipinski definition) is 3. The van der Waals surface area contributed by atoms with Crippen molar-refractivity contribution in [2.24, 2.45) is 0 Å². The molecule has 0 aromatic heterocycles. The van der Waals surface area contributed by atoms with E-state index in [2.05, 4.69) is 5.32 Å². The molecular weight excluding hydrogens is 311 g/mol. The van der Waals surface area contributed by atoms with E-state index in [0.717, 1.165) is 0 Å². The minimum atomic E-state index is -1.41. The van der Waals surface area contributed by atoms with Gasteiger partial charge in [0.1, 0.15) is 0 Å². The van der Waals surface area contributed by atoms with Crippen LogP contribution in [0, 0.1) is 11.3 Å². The monoisotopic (exact) mass is 320 g/mol. The molecule has 0 aliphatic heterocycles. The van der Waals surface area contributed by atoms with Gasteiger partial charge in [0.25, 0.3) is 5.91 Å². The third-order valence-electron chi connectivity index (χ3n) is 2.71. The third-order valence-corrected chi connectivity index (χ3v) is 3.14. The van der Waals surface area contributed by atoms with Crippen LogP contribution in [0.1, 0.15) is 17.2 Å². The van der Waals surface area contributed by atoms with Crippen LogP contribution < -0.4 is 5.32 Å². The second-order valence-corrected chi connectivity index (χ2v) is 5.16. The number of nitriles is 1. The van der Waals surface area contributed by atoms with E-state index in [0.29, 0.717) is 26.9 Å². The van der Waals surface area contributed by atoms with Gasteiger partial charge in [0.15, 0.2) is 6.10 Å². The lowest BCUT2D eigenvalue weighted by Gasteiger charge is -2.12. The van der Waals surface area contributed by atoms with E-state index in [1.165, 1.54) is 24.3 Å². The summed E-state index contributed by atoms with van der Waals surface area (Å²) in [7, 11) is 0. The maximum absolute atomic E-state index is 12.0. The summed E-state index contributed by atoms with van der Waals surface area (Å²) in [6, 6.07) is 12.8. The Kier molecular flexibility index (Phi) is 4.81. The molecule has 0 saturated heterocycles. The van der Waals surface area contributed by atoms with E-state index >= 15 is 0 Å². The molecule has 0 heterocycles. The van der Waals surface area contributed by atoms with E-state index in [-0.39, 0.29) is 0 Å². The topological polar surface area (TPSA) is 73.1 Å². The Morgan fingerprint density at radius 2 is 1.86 bits per heavy atom. The van der Waals surface area contributed by atoms with Crippen molar-refractivity contribution in [2.45, 2.75) is 6.10 Å². The Hall–Kier alpha value is -2.06. The number of amides is 1. The van der Waals surface area contributed by atoms with Crippen LogP contribution >= 0.6 is 23.2 Å². The predicted octanol–water partition coefficient (Wildman–Crippen LogP) is 3.54. The summed E-state index contributed by atoms with van der Waals surface area (Å²) in [6.07, 6.45) is -1.41. The molecule has 1 unspecified atom stereocenters. The van der Waals surface area contributed by atoms with Crippen molar-refractivity contribution in [2.75, 3.05) is 5.32 Å². The summed E-state index contributed by atoms with van der Waals surface area (Å²) in [4.78, 5) is 12.0. The Bertz CT molecular complexity index is 706. The summed E-state index contributed by atoms with van der Waals surface area (Å²) in [6.45, 7) is 0. The van der Waals surface area contributed by atoms with Gasteiger partial charge in [-0.2, -0.15) is 5.26 Å². The van der Waals surface area contributed by atoms with Crippen molar-refractivity contribution < 1.29 is 9.90 Å². The van der Waals surface area contributed by atoms with E-state index in [9.17, 15) is 9.90 Å². The van der Waals surface area contributed by atoms with Crippen LogP contribution in [-0.4, -0.2) is 11.0 Å². The van der Waals surface area contributed by atoms with E-state index < -0.39 is 12.0 Å². The SMILES string of the molecule is N#Cc1cccc(NC(=O)C(O)c2cc(Cl)cc(Cl)c2)c1. The maximum atomic E-state index is 12.0. The zero-order valence-corrected chi connectivity index (χ0v) is 12.2. The largest absolute Gasteiger partial charge is 0.378 e. The summed E-state index contributed by atoms with van der Waals surface area (Å²) in [5.41, 5.74) is 1.13. The van der Waals surface area contributed by atoms with Crippen molar-refractivity contribution in [3.63, 3.8) is 0 Å². The number of aliphatic hydroxyl groups excluding tert-OH is 1. The number of hydrogen-bond donors (Lipinski definition) is 2. The predicted molar refractivity (Wildman–Crippen MR) is 81.2 cm³/mol. The second-order valence-electron chi connectivity index (χ2n) is 4.29. The number of benzene rings is 2. The number of anilines is 1. The highest BCUT2D eigenvalue weighted by Gasteiger charge is 2.18. The highest BCUT2D eigenvalue weighted by molar-refractivity contribution is 6.34. The highest BCUT2D eigenvalue weighted by atomic mass is 35.5. The third kappa shape index (κ3) is 3.96. The van der Waals surface area contributed by atoms with Crippen molar-refractivity contribution >= 4 is 34.8 Å². The summed E-state index contributed by atoms with van der Waals surface area (Å²) in [5.74, 6) is -0.636. The Labute approximate surface area is 131 Å². The number of carbonyl (C=O) groups excluding carboxylic acids is 1. The number of aliphatic hydroxyl groups is 1. The molecule has 0 fully saturated rings.